The lowest BCUT2D eigenvalue weighted by molar-refractivity contribution is -0.117. The maximum Gasteiger partial charge on any atom is 0.321 e. The number of amides is 3. The minimum Gasteiger partial charge on any atom is -0.467 e. The zero-order valence-electron chi connectivity index (χ0n) is 16.9. The molecule has 0 fully saturated rings. The summed E-state index contributed by atoms with van der Waals surface area (Å²) in [6.07, 6.45) is 2.24. The average molecular weight is 469 g/mol. The first kappa shape index (κ1) is 21.8. The van der Waals surface area contributed by atoms with Crippen molar-refractivity contribution in [3.05, 3.63) is 81.2 Å². The van der Waals surface area contributed by atoms with Gasteiger partial charge in [0.1, 0.15) is 5.76 Å². The molecule has 3 heterocycles. The van der Waals surface area contributed by atoms with Gasteiger partial charge in [0.15, 0.2) is 5.16 Å². The van der Waals surface area contributed by atoms with E-state index in [9.17, 15) is 14.4 Å². The van der Waals surface area contributed by atoms with Gasteiger partial charge in [-0.05, 0) is 42.1 Å². The minimum atomic E-state index is -0.549. The number of urea groups is 1. The fourth-order valence-electron chi connectivity index (χ4n) is 3.05. The quantitative estimate of drug-likeness (QED) is 0.304. The SMILES string of the molecule is O=C(CSc1nc2ccccc2c(=O)n1Cc1ccco1)NC(=O)NCCc1cccs1. The van der Waals surface area contributed by atoms with Gasteiger partial charge >= 0.3 is 6.03 Å². The molecule has 0 bridgehead atoms. The fourth-order valence-corrected chi connectivity index (χ4v) is 4.55. The predicted octanol–water partition coefficient (Wildman–Crippen LogP) is 3.26. The highest BCUT2D eigenvalue weighted by atomic mass is 32.2. The van der Waals surface area contributed by atoms with Crippen LogP contribution in [0.2, 0.25) is 0 Å². The van der Waals surface area contributed by atoms with E-state index >= 15 is 0 Å². The Morgan fingerprint density at radius 1 is 1.12 bits per heavy atom. The van der Waals surface area contributed by atoms with E-state index in [0.717, 1.165) is 16.6 Å². The van der Waals surface area contributed by atoms with Crippen LogP contribution in [-0.2, 0) is 17.8 Å². The number of fused-ring (bicyclic) bond motifs is 1. The number of carbonyl (C=O) groups excluding carboxylic acids is 2. The molecular formula is C22H20N4O4S2. The van der Waals surface area contributed by atoms with E-state index in [1.807, 2.05) is 17.5 Å². The Balaban J connectivity index is 1.40. The molecule has 3 amide bonds. The molecule has 0 saturated heterocycles. The fraction of sp³-hybridized carbons (Fsp3) is 0.182. The van der Waals surface area contributed by atoms with E-state index < -0.39 is 11.9 Å². The number of imide groups is 1. The number of hydrogen-bond donors (Lipinski definition) is 2. The van der Waals surface area contributed by atoms with Gasteiger partial charge in [-0.15, -0.1) is 11.3 Å². The summed E-state index contributed by atoms with van der Waals surface area (Å²) in [7, 11) is 0. The first-order valence-electron chi connectivity index (χ1n) is 9.85. The van der Waals surface area contributed by atoms with E-state index in [1.165, 1.54) is 10.8 Å². The average Bonchev–Trinajstić information content (AvgIpc) is 3.49. The Bertz CT molecular complexity index is 1270. The van der Waals surface area contributed by atoms with E-state index in [2.05, 4.69) is 15.6 Å². The van der Waals surface area contributed by atoms with Gasteiger partial charge in [-0.1, -0.05) is 30.0 Å². The molecule has 0 saturated carbocycles. The number of furan rings is 1. The van der Waals surface area contributed by atoms with Crippen LogP contribution in [0.1, 0.15) is 10.6 Å². The molecule has 8 nitrogen and oxygen atoms in total. The van der Waals surface area contributed by atoms with Crippen LogP contribution in [0.4, 0.5) is 4.79 Å². The number of thioether (sulfide) groups is 1. The Kier molecular flexibility index (Phi) is 7.03. The van der Waals surface area contributed by atoms with Crippen LogP contribution in [0.3, 0.4) is 0 Å². The summed E-state index contributed by atoms with van der Waals surface area (Å²) >= 11 is 2.70. The number of nitrogens with one attached hydrogen (secondary N) is 2. The van der Waals surface area contributed by atoms with Crippen molar-refractivity contribution in [1.82, 2.24) is 20.2 Å². The van der Waals surface area contributed by atoms with Crippen LogP contribution in [0.25, 0.3) is 10.9 Å². The lowest BCUT2D eigenvalue weighted by Gasteiger charge is -2.12. The summed E-state index contributed by atoms with van der Waals surface area (Å²) in [4.78, 5) is 43.0. The van der Waals surface area contributed by atoms with Crippen molar-refractivity contribution in [3.63, 3.8) is 0 Å². The zero-order valence-corrected chi connectivity index (χ0v) is 18.6. The first-order valence-corrected chi connectivity index (χ1v) is 11.7. The van der Waals surface area contributed by atoms with Crippen molar-refractivity contribution in [3.8, 4) is 0 Å². The van der Waals surface area contributed by atoms with Crippen molar-refractivity contribution in [1.29, 1.82) is 0 Å². The summed E-state index contributed by atoms with van der Waals surface area (Å²) in [6, 6.07) is 13.9. The minimum absolute atomic E-state index is 0.0682. The summed E-state index contributed by atoms with van der Waals surface area (Å²) in [5.74, 6) is 0.0533. The van der Waals surface area contributed by atoms with Gasteiger partial charge in [0.2, 0.25) is 5.91 Å². The normalized spacial score (nSPS) is 10.9. The smallest absolute Gasteiger partial charge is 0.321 e. The molecule has 0 aliphatic heterocycles. The Morgan fingerprint density at radius 3 is 2.78 bits per heavy atom. The van der Waals surface area contributed by atoms with E-state index in [0.29, 0.717) is 34.8 Å². The number of hydrogen-bond acceptors (Lipinski definition) is 7. The number of aromatic nitrogens is 2. The molecule has 4 rings (SSSR count). The van der Waals surface area contributed by atoms with Gasteiger partial charge in [-0.3, -0.25) is 19.5 Å². The lowest BCUT2D eigenvalue weighted by atomic mass is 10.2. The van der Waals surface area contributed by atoms with Crippen molar-refractivity contribution in [2.45, 2.75) is 18.1 Å². The highest BCUT2D eigenvalue weighted by Gasteiger charge is 2.15. The number of para-hydroxylation sites is 1. The van der Waals surface area contributed by atoms with Crippen molar-refractivity contribution in [2.75, 3.05) is 12.3 Å². The third-order valence-electron chi connectivity index (χ3n) is 4.54. The van der Waals surface area contributed by atoms with E-state index in [4.69, 9.17) is 4.42 Å². The third kappa shape index (κ3) is 5.45. The van der Waals surface area contributed by atoms with Gasteiger partial charge in [0, 0.05) is 11.4 Å². The topological polar surface area (TPSA) is 106 Å². The van der Waals surface area contributed by atoms with Gasteiger partial charge in [0.05, 0.1) is 29.5 Å². The van der Waals surface area contributed by atoms with Crippen molar-refractivity contribution >= 4 is 45.9 Å². The van der Waals surface area contributed by atoms with Gasteiger partial charge in [-0.25, -0.2) is 9.78 Å². The second kappa shape index (κ2) is 10.3. The Hall–Kier alpha value is -3.37. The lowest BCUT2D eigenvalue weighted by Crippen LogP contribution is -2.41. The summed E-state index contributed by atoms with van der Waals surface area (Å²) in [5.41, 5.74) is 0.323. The molecule has 10 heteroatoms. The third-order valence-corrected chi connectivity index (χ3v) is 6.46. The molecular weight excluding hydrogens is 448 g/mol. The van der Waals surface area contributed by atoms with Crippen LogP contribution in [-0.4, -0.2) is 33.8 Å². The number of thiophene rings is 1. The molecule has 1 aromatic carbocycles. The second-order valence-electron chi connectivity index (χ2n) is 6.80. The molecule has 0 unspecified atom stereocenters. The molecule has 164 valence electrons. The molecule has 0 atom stereocenters. The second-order valence-corrected chi connectivity index (χ2v) is 8.78. The van der Waals surface area contributed by atoms with Gasteiger partial charge in [0.25, 0.3) is 5.56 Å². The first-order chi connectivity index (χ1) is 15.6. The van der Waals surface area contributed by atoms with Crippen LogP contribution >= 0.6 is 23.1 Å². The highest BCUT2D eigenvalue weighted by molar-refractivity contribution is 7.99. The molecule has 0 aliphatic rings. The summed E-state index contributed by atoms with van der Waals surface area (Å²) < 4.78 is 6.85. The maximum atomic E-state index is 13.0. The number of nitrogens with zero attached hydrogens (tertiary/aromatic N) is 2. The molecule has 3 aromatic heterocycles. The number of benzene rings is 1. The summed E-state index contributed by atoms with van der Waals surface area (Å²) in [6.45, 7) is 0.624. The van der Waals surface area contributed by atoms with Crippen LogP contribution in [0.15, 0.2) is 74.5 Å². The van der Waals surface area contributed by atoms with Gasteiger partial charge in [-0.2, -0.15) is 0 Å². The van der Waals surface area contributed by atoms with Crippen molar-refractivity contribution in [2.24, 2.45) is 0 Å². The van der Waals surface area contributed by atoms with Crippen LogP contribution in [0.5, 0.6) is 0 Å². The van der Waals surface area contributed by atoms with Gasteiger partial charge < -0.3 is 9.73 Å². The Morgan fingerprint density at radius 2 is 2.00 bits per heavy atom. The highest BCUT2D eigenvalue weighted by Crippen LogP contribution is 2.19. The van der Waals surface area contributed by atoms with E-state index in [1.54, 1.807) is 47.7 Å². The molecule has 0 spiro atoms. The van der Waals surface area contributed by atoms with Crippen molar-refractivity contribution < 1.29 is 14.0 Å². The van der Waals surface area contributed by atoms with E-state index in [-0.39, 0.29) is 17.9 Å². The summed E-state index contributed by atoms with van der Waals surface area (Å²) in [5, 5.41) is 7.81. The predicted molar refractivity (Wildman–Crippen MR) is 124 cm³/mol. The molecule has 4 aromatic rings. The maximum absolute atomic E-state index is 13.0. The molecule has 0 radical (unpaired) electrons. The monoisotopic (exact) mass is 468 g/mol. The largest absolute Gasteiger partial charge is 0.467 e. The number of rotatable bonds is 8. The standard InChI is InChI=1S/C22H20N4O4S2/c27-19(25-21(29)23-10-9-16-6-4-12-31-16)14-32-22-24-18-8-2-1-7-17(18)20(28)26(22)13-15-5-3-11-30-15/h1-8,11-12H,9-10,13-14H2,(H2,23,25,27,29). The molecule has 0 aliphatic carbocycles. The van der Waals surface area contributed by atoms with Crippen LogP contribution < -0.4 is 16.2 Å². The number of carbonyl (C=O) groups is 2. The molecule has 2 N–H and O–H groups in total. The molecule has 32 heavy (non-hydrogen) atoms. The van der Waals surface area contributed by atoms with Crippen LogP contribution in [0, 0.1) is 0 Å². The Labute approximate surface area is 191 Å². The zero-order chi connectivity index (χ0) is 22.3.